The van der Waals surface area contributed by atoms with Gasteiger partial charge in [0.25, 0.3) is 5.91 Å². The number of anilines is 2. The lowest BCUT2D eigenvalue weighted by Gasteiger charge is -2.19. The molecule has 5 nitrogen and oxygen atoms in total. The van der Waals surface area contributed by atoms with Gasteiger partial charge in [0, 0.05) is 30.5 Å². The Bertz CT molecular complexity index is 682. The van der Waals surface area contributed by atoms with Crippen molar-refractivity contribution in [3.63, 3.8) is 0 Å². The van der Waals surface area contributed by atoms with Crippen LogP contribution in [0.15, 0.2) is 41.5 Å². The van der Waals surface area contributed by atoms with Crippen molar-refractivity contribution in [1.29, 1.82) is 0 Å². The van der Waals surface area contributed by atoms with E-state index in [-0.39, 0.29) is 11.0 Å². The minimum Gasteiger partial charge on any atom is -0.397 e. The second-order valence-corrected chi connectivity index (χ2v) is 4.43. The zero-order chi connectivity index (χ0) is 14.0. The molecule has 3 N–H and O–H groups in total. The molecule has 1 aromatic heterocycles. The summed E-state index contributed by atoms with van der Waals surface area (Å²) in [6.45, 7) is 0. The molecule has 6 heteroatoms. The van der Waals surface area contributed by atoms with Gasteiger partial charge in [-0.2, -0.15) is 0 Å². The normalized spacial score (nSPS) is 10.2. The maximum absolute atomic E-state index is 12.2. The van der Waals surface area contributed by atoms with Crippen molar-refractivity contribution in [2.75, 3.05) is 17.7 Å². The number of aromatic nitrogens is 1. The van der Waals surface area contributed by atoms with E-state index in [2.05, 4.69) is 4.98 Å². The van der Waals surface area contributed by atoms with Gasteiger partial charge in [-0.05, 0) is 18.2 Å². The van der Waals surface area contributed by atoms with E-state index in [1.54, 1.807) is 18.2 Å². The number of nitrogens with zero attached hydrogens (tertiary/aromatic N) is 1. The monoisotopic (exact) mass is 277 g/mol. The van der Waals surface area contributed by atoms with Crippen LogP contribution in [0.1, 0.15) is 10.4 Å². The molecule has 0 unspecified atom stereocenters. The molecule has 0 saturated carbocycles. The first-order valence-electron chi connectivity index (χ1n) is 5.51. The van der Waals surface area contributed by atoms with Crippen LogP contribution in [0.5, 0.6) is 0 Å². The second kappa shape index (κ2) is 5.16. The van der Waals surface area contributed by atoms with Crippen molar-refractivity contribution in [3.05, 3.63) is 57.5 Å². The van der Waals surface area contributed by atoms with Crippen LogP contribution in [-0.2, 0) is 0 Å². The van der Waals surface area contributed by atoms with E-state index in [0.29, 0.717) is 16.4 Å². The average molecular weight is 278 g/mol. The van der Waals surface area contributed by atoms with Gasteiger partial charge in [-0.15, -0.1) is 0 Å². The first-order chi connectivity index (χ1) is 9.00. The topological polar surface area (TPSA) is 79.2 Å². The highest BCUT2D eigenvalue weighted by atomic mass is 35.5. The van der Waals surface area contributed by atoms with Gasteiger partial charge in [0.1, 0.15) is 5.56 Å². The van der Waals surface area contributed by atoms with Crippen LogP contribution in [0.2, 0.25) is 5.02 Å². The number of amides is 1. The number of carbonyl (C=O) groups is 1. The van der Waals surface area contributed by atoms with Crippen molar-refractivity contribution in [1.82, 2.24) is 4.98 Å². The summed E-state index contributed by atoms with van der Waals surface area (Å²) in [5.74, 6) is -0.448. The zero-order valence-corrected chi connectivity index (χ0v) is 10.9. The highest BCUT2D eigenvalue weighted by Gasteiger charge is 2.18. The molecule has 0 radical (unpaired) electrons. The zero-order valence-electron chi connectivity index (χ0n) is 10.2. The van der Waals surface area contributed by atoms with E-state index in [1.807, 2.05) is 0 Å². The predicted octanol–water partition coefficient (Wildman–Crippen LogP) is 1.89. The predicted molar refractivity (Wildman–Crippen MR) is 75.7 cm³/mol. The summed E-state index contributed by atoms with van der Waals surface area (Å²) in [5, 5.41) is 0.464. The minimum atomic E-state index is -0.448. The molecule has 19 heavy (non-hydrogen) atoms. The second-order valence-electron chi connectivity index (χ2n) is 3.99. The van der Waals surface area contributed by atoms with Crippen molar-refractivity contribution < 1.29 is 4.79 Å². The molecular weight excluding hydrogens is 266 g/mol. The van der Waals surface area contributed by atoms with Gasteiger partial charge in [-0.1, -0.05) is 11.6 Å². The molecular formula is C13H12ClN3O2. The van der Waals surface area contributed by atoms with Gasteiger partial charge in [0.2, 0.25) is 0 Å². The SMILES string of the molecule is CN(C(=O)c1c[nH]ccc1=O)c1cc(Cl)ccc1N. The first kappa shape index (κ1) is 13.2. The number of nitrogen functional groups attached to an aromatic ring is 1. The van der Waals surface area contributed by atoms with E-state index in [0.717, 1.165) is 0 Å². The smallest absolute Gasteiger partial charge is 0.263 e. The average Bonchev–Trinajstić information content (AvgIpc) is 2.40. The quantitative estimate of drug-likeness (QED) is 0.823. The molecule has 98 valence electrons. The molecule has 0 aliphatic heterocycles. The largest absolute Gasteiger partial charge is 0.397 e. The molecule has 0 spiro atoms. The van der Waals surface area contributed by atoms with Gasteiger partial charge in [0.15, 0.2) is 5.43 Å². The summed E-state index contributed by atoms with van der Waals surface area (Å²) >= 11 is 5.88. The Morgan fingerprint density at radius 1 is 1.37 bits per heavy atom. The summed E-state index contributed by atoms with van der Waals surface area (Å²) in [6.07, 6.45) is 2.83. The highest BCUT2D eigenvalue weighted by molar-refractivity contribution is 6.31. The van der Waals surface area contributed by atoms with Crippen LogP contribution in [0, 0.1) is 0 Å². The number of hydrogen-bond donors (Lipinski definition) is 2. The Kier molecular flexibility index (Phi) is 3.57. The van der Waals surface area contributed by atoms with E-state index >= 15 is 0 Å². The lowest BCUT2D eigenvalue weighted by molar-refractivity contribution is 0.0992. The summed E-state index contributed by atoms with van der Waals surface area (Å²) < 4.78 is 0. The van der Waals surface area contributed by atoms with Crippen LogP contribution >= 0.6 is 11.6 Å². The number of nitrogens with one attached hydrogen (secondary N) is 1. The van der Waals surface area contributed by atoms with Crippen molar-refractivity contribution in [3.8, 4) is 0 Å². The maximum Gasteiger partial charge on any atom is 0.263 e. The van der Waals surface area contributed by atoms with E-state index in [4.69, 9.17) is 17.3 Å². The maximum atomic E-state index is 12.2. The third kappa shape index (κ3) is 2.61. The number of carbonyl (C=O) groups excluding carboxylic acids is 1. The number of halogens is 1. The van der Waals surface area contributed by atoms with Gasteiger partial charge in [-0.25, -0.2) is 0 Å². The fourth-order valence-corrected chi connectivity index (χ4v) is 1.85. The Labute approximate surface area is 114 Å². The fourth-order valence-electron chi connectivity index (χ4n) is 1.68. The van der Waals surface area contributed by atoms with Crippen LogP contribution < -0.4 is 16.1 Å². The number of H-pyrrole nitrogens is 1. The summed E-state index contributed by atoms with van der Waals surface area (Å²) in [7, 11) is 1.54. The van der Waals surface area contributed by atoms with Crippen molar-refractivity contribution in [2.45, 2.75) is 0 Å². The molecule has 0 bridgehead atoms. The third-order valence-electron chi connectivity index (χ3n) is 2.71. The molecule has 1 amide bonds. The summed E-state index contributed by atoms with van der Waals surface area (Å²) in [4.78, 5) is 27.9. The lowest BCUT2D eigenvalue weighted by Crippen LogP contribution is -2.31. The Balaban J connectivity index is 2.42. The van der Waals surface area contributed by atoms with E-state index < -0.39 is 5.91 Å². The van der Waals surface area contributed by atoms with Crippen LogP contribution in [-0.4, -0.2) is 17.9 Å². The van der Waals surface area contributed by atoms with Crippen molar-refractivity contribution >= 4 is 28.9 Å². The Hall–Kier alpha value is -2.27. The highest BCUT2D eigenvalue weighted by Crippen LogP contribution is 2.26. The number of aromatic amines is 1. The molecule has 2 rings (SSSR count). The first-order valence-corrected chi connectivity index (χ1v) is 5.88. The summed E-state index contributed by atoms with van der Waals surface area (Å²) in [6, 6.07) is 6.11. The van der Waals surface area contributed by atoms with E-state index in [1.165, 1.54) is 30.4 Å². The standard InChI is InChI=1S/C13H12ClN3O2/c1-17(11-6-8(14)2-3-10(11)15)13(19)9-7-16-5-4-12(9)18/h2-7H,15H2,1H3,(H,16,18). The van der Waals surface area contributed by atoms with Crippen LogP contribution in [0.4, 0.5) is 11.4 Å². The minimum absolute atomic E-state index is 0.0457. The van der Waals surface area contributed by atoms with Crippen LogP contribution in [0.25, 0.3) is 0 Å². The molecule has 0 fully saturated rings. The fraction of sp³-hybridized carbons (Fsp3) is 0.0769. The Morgan fingerprint density at radius 2 is 2.11 bits per heavy atom. The molecule has 0 aliphatic carbocycles. The number of nitrogens with two attached hydrogens (primary N) is 1. The van der Waals surface area contributed by atoms with E-state index in [9.17, 15) is 9.59 Å². The molecule has 0 atom stereocenters. The molecule has 0 aliphatic rings. The van der Waals surface area contributed by atoms with Crippen molar-refractivity contribution in [2.24, 2.45) is 0 Å². The number of benzene rings is 1. The molecule has 2 aromatic rings. The Morgan fingerprint density at radius 3 is 2.79 bits per heavy atom. The number of rotatable bonds is 2. The van der Waals surface area contributed by atoms with Gasteiger partial charge < -0.3 is 15.6 Å². The lowest BCUT2D eigenvalue weighted by atomic mass is 10.2. The van der Waals surface area contributed by atoms with Crippen LogP contribution in [0.3, 0.4) is 0 Å². The third-order valence-corrected chi connectivity index (χ3v) is 2.95. The van der Waals surface area contributed by atoms with Gasteiger partial charge >= 0.3 is 0 Å². The molecule has 1 heterocycles. The van der Waals surface area contributed by atoms with Gasteiger partial charge in [-0.3, -0.25) is 9.59 Å². The molecule has 1 aromatic carbocycles. The van der Waals surface area contributed by atoms with Gasteiger partial charge in [0.05, 0.1) is 11.4 Å². The molecule has 0 saturated heterocycles. The number of pyridine rings is 1. The summed E-state index contributed by atoms with van der Waals surface area (Å²) in [5.41, 5.74) is 6.37. The number of hydrogen-bond acceptors (Lipinski definition) is 3.